The lowest BCUT2D eigenvalue weighted by Crippen LogP contribution is -2.33. The first kappa shape index (κ1) is 13.5. The molecule has 0 saturated heterocycles. The van der Waals surface area contributed by atoms with Gasteiger partial charge in [-0.2, -0.15) is 13.2 Å². The van der Waals surface area contributed by atoms with Crippen molar-refractivity contribution >= 4 is 11.6 Å². The van der Waals surface area contributed by atoms with Crippen LogP contribution in [0.25, 0.3) is 0 Å². The average Bonchev–Trinajstić information content (AvgIpc) is 2.56. The van der Waals surface area contributed by atoms with Crippen LogP contribution < -0.4 is 5.32 Å². The first-order chi connectivity index (χ1) is 9.43. The van der Waals surface area contributed by atoms with Crippen molar-refractivity contribution < 1.29 is 18.0 Å². The molecular weight excluding hydrogens is 267 g/mol. The Bertz CT molecular complexity index is 543. The molecule has 1 aromatic carbocycles. The zero-order chi connectivity index (χ0) is 14.4. The van der Waals surface area contributed by atoms with Gasteiger partial charge in [0.2, 0.25) is 5.91 Å². The van der Waals surface area contributed by atoms with Gasteiger partial charge in [0, 0.05) is 5.69 Å². The molecule has 1 heterocycles. The molecule has 2 nitrogen and oxygen atoms in total. The van der Waals surface area contributed by atoms with Crippen LogP contribution in [-0.4, -0.2) is 5.91 Å². The van der Waals surface area contributed by atoms with E-state index in [9.17, 15) is 18.0 Å². The SMILES string of the molecule is O=C1Nc2ccc(C(F)(F)F)cc2C12CCCCCC2. The zero-order valence-electron chi connectivity index (χ0n) is 11.0. The van der Waals surface area contributed by atoms with Crippen molar-refractivity contribution in [1.82, 2.24) is 0 Å². The third-order valence-electron chi connectivity index (χ3n) is 4.50. The maximum Gasteiger partial charge on any atom is 0.416 e. The minimum atomic E-state index is -4.37. The topological polar surface area (TPSA) is 29.1 Å². The average molecular weight is 283 g/mol. The van der Waals surface area contributed by atoms with Gasteiger partial charge in [0.15, 0.2) is 0 Å². The number of amides is 1. The molecule has 2 aliphatic rings. The van der Waals surface area contributed by atoms with E-state index in [-0.39, 0.29) is 5.91 Å². The maximum atomic E-state index is 12.9. The number of hydrogen-bond donors (Lipinski definition) is 1. The first-order valence-corrected chi connectivity index (χ1v) is 6.97. The molecule has 1 aliphatic carbocycles. The normalized spacial score (nSPS) is 21.4. The highest BCUT2D eigenvalue weighted by atomic mass is 19.4. The number of hydrogen-bond acceptors (Lipinski definition) is 1. The van der Waals surface area contributed by atoms with Crippen LogP contribution in [-0.2, 0) is 16.4 Å². The number of rotatable bonds is 0. The lowest BCUT2D eigenvalue weighted by Gasteiger charge is -2.26. The number of benzene rings is 1. The van der Waals surface area contributed by atoms with Crippen molar-refractivity contribution in [2.45, 2.75) is 50.1 Å². The summed E-state index contributed by atoms with van der Waals surface area (Å²) in [4.78, 5) is 12.3. The summed E-state index contributed by atoms with van der Waals surface area (Å²) in [5, 5.41) is 2.76. The van der Waals surface area contributed by atoms with Gasteiger partial charge in [-0.25, -0.2) is 0 Å². The summed E-state index contributed by atoms with van der Waals surface area (Å²) in [6.07, 6.45) is 0.797. The highest BCUT2D eigenvalue weighted by Gasteiger charge is 2.47. The lowest BCUT2D eigenvalue weighted by atomic mass is 9.75. The van der Waals surface area contributed by atoms with E-state index < -0.39 is 17.2 Å². The van der Waals surface area contributed by atoms with Crippen molar-refractivity contribution in [2.75, 3.05) is 5.32 Å². The second kappa shape index (κ2) is 4.50. The molecule has 1 aliphatic heterocycles. The quantitative estimate of drug-likeness (QED) is 0.757. The second-order valence-electron chi connectivity index (χ2n) is 5.71. The molecule has 0 aromatic heterocycles. The third kappa shape index (κ3) is 2.00. The Labute approximate surface area is 115 Å². The minimum absolute atomic E-state index is 0.131. The van der Waals surface area contributed by atoms with Crippen LogP contribution in [0.3, 0.4) is 0 Å². The number of alkyl halides is 3. The van der Waals surface area contributed by atoms with Gasteiger partial charge in [-0.05, 0) is 36.6 Å². The Hall–Kier alpha value is -1.52. The first-order valence-electron chi connectivity index (χ1n) is 6.97. The van der Waals surface area contributed by atoms with E-state index in [0.29, 0.717) is 24.1 Å². The molecule has 3 rings (SSSR count). The molecule has 20 heavy (non-hydrogen) atoms. The van der Waals surface area contributed by atoms with Gasteiger partial charge in [-0.1, -0.05) is 25.7 Å². The molecule has 1 amide bonds. The Morgan fingerprint density at radius 2 is 1.70 bits per heavy atom. The summed E-state index contributed by atoms with van der Waals surface area (Å²) in [7, 11) is 0. The van der Waals surface area contributed by atoms with Crippen LogP contribution >= 0.6 is 0 Å². The monoisotopic (exact) mass is 283 g/mol. The van der Waals surface area contributed by atoms with Crippen LogP contribution in [0.4, 0.5) is 18.9 Å². The van der Waals surface area contributed by atoms with Crippen LogP contribution in [0.15, 0.2) is 18.2 Å². The van der Waals surface area contributed by atoms with Gasteiger partial charge < -0.3 is 5.32 Å². The molecule has 0 unspecified atom stereocenters. The summed E-state index contributed by atoms with van der Waals surface area (Å²) in [6, 6.07) is 3.59. The molecule has 1 saturated carbocycles. The Kier molecular flexibility index (Phi) is 3.03. The Morgan fingerprint density at radius 3 is 2.30 bits per heavy atom. The molecular formula is C15H16F3NO. The molecule has 1 fully saturated rings. The Morgan fingerprint density at radius 1 is 1.05 bits per heavy atom. The van der Waals surface area contributed by atoms with E-state index >= 15 is 0 Å². The number of halogens is 3. The second-order valence-corrected chi connectivity index (χ2v) is 5.71. The molecule has 1 spiro atoms. The van der Waals surface area contributed by atoms with Gasteiger partial charge in [0.05, 0.1) is 11.0 Å². The standard InChI is InChI=1S/C15H16F3NO/c16-15(17,18)10-5-6-12-11(9-10)14(13(20)19-12)7-3-1-2-4-8-14/h5-6,9H,1-4,7-8H2,(H,19,20). The summed E-state index contributed by atoms with van der Waals surface area (Å²) in [5.74, 6) is -0.131. The highest BCUT2D eigenvalue weighted by molar-refractivity contribution is 6.06. The largest absolute Gasteiger partial charge is 0.416 e. The van der Waals surface area contributed by atoms with E-state index in [4.69, 9.17) is 0 Å². The van der Waals surface area contributed by atoms with Gasteiger partial charge in [-0.15, -0.1) is 0 Å². The van der Waals surface area contributed by atoms with Crippen LogP contribution in [0, 0.1) is 0 Å². The fraction of sp³-hybridized carbons (Fsp3) is 0.533. The van der Waals surface area contributed by atoms with Crippen molar-refractivity contribution in [3.63, 3.8) is 0 Å². The van der Waals surface area contributed by atoms with Crippen LogP contribution in [0.2, 0.25) is 0 Å². The fourth-order valence-corrected chi connectivity index (χ4v) is 3.42. The summed E-state index contributed by atoms with van der Waals surface area (Å²) in [5.41, 5.74) is -0.326. The molecule has 5 heteroatoms. The van der Waals surface area contributed by atoms with Gasteiger partial charge in [-0.3, -0.25) is 4.79 Å². The van der Waals surface area contributed by atoms with Crippen LogP contribution in [0.1, 0.15) is 49.7 Å². The zero-order valence-corrected chi connectivity index (χ0v) is 11.0. The maximum absolute atomic E-state index is 12.9. The predicted molar refractivity (Wildman–Crippen MR) is 69.5 cm³/mol. The summed E-state index contributed by atoms with van der Waals surface area (Å²) in [6.45, 7) is 0. The van der Waals surface area contributed by atoms with Crippen molar-refractivity contribution in [2.24, 2.45) is 0 Å². The third-order valence-corrected chi connectivity index (χ3v) is 4.50. The molecule has 1 N–H and O–H groups in total. The molecule has 0 radical (unpaired) electrons. The number of fused-ring (bicyclic) bond motifs is 2. The predicted octanol–water partition coefficient (Wildman–Crippen LogP) is 4.25. The number of carbonyl (C=O) groups is 1. The summed E-state index contributed by atoms with van der Waals surface area (Å²) >= 11 is 0. The molecule has 108 valence electrons. The van der Waals surface area contributed by atoms with Gasteiger partial charge >= 0.3 is 6.18 Å². The number of carbonyl (C=O) groups excluding carboxylic acids is 1. The summed E-state index contributed by atoms with van der Waals surface area (Å²) < 4.78 is 38.7. The number of nitrogens with one attached hydrogen (secondary N) is 1. The van der Waals surface area contributed by atoms with E-state index in [1.807, 2.05) is 0 Å². The highest BCUT2D eigenvalue weighted by Crippen LogP contribution is 2.48. The molecule has 0 atom stereocenters. The molecule has 0 bridgehead atoms. The number of anilines is 1. The van der Waals surface area contributed by atoms with Crippen molar-refractivity contribution in [3.05, 3.63) is 29.3 Å². The van der Waals surface area contributed by atoms with E-state index in [2.05, 4.69) is 5.32 Å². The van der Waals surface area contributed by atoms with Crippen LogP contribution in [0.5, 0.6) is 0 Å². The van der Waals surface area contributed by atoms with Crippen molar-refractivity contribution in [1.29, 1.82) is 0 Å². The van der Waals surface area contributed by atoms with Gasteiger partial charge in [0.25, 0.3) is 0 Å². The molecule has 1 aromatic rings. The van der Waals surface area contributed by atoms with E-state index in [0.717, 1.165) is 31.7 Å². The van der Waals surface area contributed by atoms with E-state index in [1.54, 1.807) is 0 Å². The Balaban J connectivity index is 2.09. The fourth-order valence-electron chi connectivity index (χ4n) is 3.42. The van der Waals surface area contributed by atoms with E-state index in [1.165, 1.54) is 12.1 Å². The van der Waals surface area contributed by atoms with Crippen molar-refractivity contribution in [3.8, 4) is 0 Å². The smallest absolute Gasteiger partial charge is 0.325 e. The minimum Gasteiger partial charge on any atom is -0.325 e. The van der Waals surface area contributed by atoms with Gasteiger partial charge in [0.1, 0.15) is 0 Å². The lowest BCUT2D eigenvalue weighted by molar-refractivity contribution is -0.137.